The highest BCUT2D eigenvalue weighted by Gasteiger charge is 2.27. The molecule has 0 amide bonds. The number of nitrogens with zero attached hydrogens (tertiary/aromatic N) is 2. The highest BCUT2D eigenvalue weighted by atomic mass is 35.5. The molecule has 1 N–H and O–H groups in total. The van der Waals surface area contributed by atoms with E-state index in [1.165, 1.54) is 12.8 Å². The van der Waals surface area contributed by atoms with Crippen LogP contribution in [0.15, 0.2) is 30.7 Å². The maximum atomic E-state index is 10.4. The SMILES string of the molecule is Cc1ccc(C(O)c2cncn2C2CC2)cc1Cl. The number of halogens is 1. The summed E-state index contributed by atoms with van der Waals surface area (Å²) in [6.07, 6.45) is 5.21. The maximum absolute atomic E-state index is 10.4. The molecule has 1 unspecified atom stereocenters. The van der Waals surface area contributed by atoms with Crippen LogP contribution in [0.3, 0.4) is 0 Å². The Balaban J connectivity index is 1.95. The molecule has 1 saturated carbocycles. The summed E-state index contributed by atoms with van der Waals surface area (Å²) in [5, 5.41) is 11.1. The third kappa shape index (κ3) is 2.04. The average molecular weight is 263 g/mol. The maximum Gasteiger partial charge on any atom is 0.121 e. The molecule has 0 bridgehead atoms. The van der Waals surface area contributed by atoms with Crippen molar-refractivity contribution in [2.45, 2.75) is 31.9 Å². The van der Waals surface area contributed by atoms with Crippen LogP contribution in [0.25, 0.3) is 0 Å². The van der Waals surface area contributed by atoms with Crippen molar-refractivity contribution in [2.75, 3.05) is 0 Å². The van der Waals surface area contributed by atoms with Crippen molar-refractivity contribution < 1.29 is 5.11 Å². The molecule has 0 aliphatic heterocycles. The van der Waals surface area contributed by atoms with Gasteiger partial charge in [-0.15, -0.1) is 0 Å². The molecule has 3 rings (SSSR count). The quantitative estimate of drug-likeness (QED) is 0.922. The van der Waals surface area contributed by atoms with E-state index in [4.69, 9.17) is 11.6 Å². The van der Waals surface area contributed by atoms with Crippen LogP contribution in [0.1, 0.15) is 41.8 Å². The molecule has 3 nitrogen and oxygen atoms in total. The fraction of sp³-hybridized carbons (Fsp3) is 0.357. The zero-order valence-electron chi connectivity index (χ0n) is 10.2. The predicted octanol–water partition coefficient (Wildman–Crippen LogP) is 3.26. The molecule has 1 aliphatic rings. The van der Waals surface area contributed by atoms with Gasteiger partial charge in [0, 0.05) is 11.1 Å². The molecule has 2 aromatic rings. The van der Waals surface area contributed by atoms with Crippen LogP contribution in [0.2, 0.25) is 5.02 Å². The zero-order chi connectivity index (χ0) is 12.7. The molecule has 1 fully saturated rings. The number of rotatable bonds is 3. The number of benzene rings is 1. The Morgan fingerprint density at radius 2 is 2.22 bits per heavy atom. The Morgan fingerprint density at radius 3 is 2.89 bits per heavy atom. The van der Waals surface area contributed by atoms with Gasteiger partial charge >= 0.3 is 0 Å². The largest absolute Gasteiger partial charge is 0.382 e. The Hall–Kier alpha value is -1.32. The molecule has 94 valence electrons. The van der Waals surface area contributed by atoms with E-state index in [0.717, 1.165) is 16.8 Å². The lowest BCUT2D eigenvalue weighted by atomic mass is 10.1. The molecule has 0 spiro atoms. The third-order valence-corrected chi connectivity index (χ3v) is 3.84. The van der Waals surface area contributed by atoms with Gasteiger partial charge in [-0.25, -0.2) is 4.98 Å². The lowest BCUT2D eigenvalue weighted by Crippen LogP contribution is -2.07. The standard InChI is InChI=1S/C14H15ClN2O/c1-9-2-3-10(6-12(9)15)14(18)13-7-16-8-17(13)11-4-5-11/h2-3,6-8,11,14,18H,4-5H2,1H3. The summed E-state index contributed by atoms with van der Waals surface area (Å²) >= 11 is 6.10. The number of imidazole rings is 1. The number of hydrogen-bond donors (Lipinski definition) is 1. The normalized spacial score (nSPS) is 16.8. The van der Waals surface area contributed by atoms with Crippen molar-refractivity contribution in [3.63, 3.8) is 0 Å². The fourth-order valence-corrected chi connectivity index (χ4v) is 2.32. The van der Waals surface area contributed by atoms with E-state index in [9.17, 15) is 5.11 Å². The van der Waals surface area contributed by atoms with Gasteiger partial charge in [-0.05, 0) is 37.0 Å². The summed E-state index contributed by atoms with van der Waals surface area (Å²) in [7, 11) is 0. The monoisotopic (exact) mass is 262 g/mol. The second kappa shape index (κ2) is 4.41. The molecule has 0 radical (unpaired) electrons. The number of aryl methyl sites for hydroxylation is 1. The van der Waals surface area contributed by atoms with Crippen LogP contribution < -0.4 is 0 Å². The summed E-state index contributed by atoms with van der Waals surface area (Å²) in [5.74, 6) is 0. The highest BCUT2D eigenvalue weighted by Crippen LogP contribution is 2.38. The lowest BCUT2D eigenvalue weighted by Gasteiger charge is -2.14. The Kier molecular flexibility index (Phi) is 2.88. The number of aliphatic hydroxyl groups excluding tert-OH is 1. The molecule has 1 atom stereocenters. The Labute approximate surface area is 111 Å². The molecular formula is C14H15ClN2O. The summed E-state index contributed by atoms with van der Waals surface area (Å²) in [5.41, 5.74) is 2.67. The first-order valence-electron chi connectivity index (χ1n) is 6.12. The third-order valence-electron chi connectivity index (χ3n) is 3.43. The van der Waals surface area contributed by atoms with E-state index in [1.54, 1.807) is 12.5 Å². The van der Waals surface area contributed by atoms with Crippen molar-refractivity contribution in [3.05, 3.63) is 52.6 Å². The summed E-state index contributed by atoms with van der Waals surface area (Å²) in [4.78, 5) is 4.14. The lowest BCUT2D eigenvalue weighted by molar-refractivity contribution is 0.210. The summed E-state index contributed by atoms with van der Waals surface area (Å²) in [6, 6.07) is 6.18. The van der Waals surface area contributed by atoms with Crippen molar-refractivity contribution in [3.8, 4) is 0 Å². The smallest absolute Gasteiger partial charge is 0.121 e. The first-order chi connectivity index (χ1) is 8.66. The van der Waals surface area contributed by atoms with E-state index in [0.29, 0.717) is 11.1 Å². The van der Waals surface area contributed by atoms with E-state index in [-0.39, 0.29) is 0 Å². The topological polar surface area (TPSA) is 38.1 Å². The van der Waals surface area contributed by atoms with Gasteiger partial charge in [-0.1, -0.05) is 23.7 Å². The van der Waals surface area contributed by atoms with Gasteiger partial charge in [0.2, 0.25) is 0 Å². The van der Waals surface area contributed by atoms with Crippen LogP contribution >= 0.6 is 11.6 Å². The van der Waals surface area contributed by atoms with E-state index >= 15 is 0 Å². The number of aliphatic hydroxyl groups is 1. The molecular weight excluding hydrogens is 248 g/mol. The Morgan fingerprint density at radius 1 is 1.44 bits per heavy atom. The average Bonchev–Trinajstić information content (AvgIpc) is 3.09. The van der Waals surface area contributed by atoms with E-state index < -0.39 is 6.10 Å². The van der Waals surface area contributed by atoms with Gasteiger partial charge < -0.3 is 9.67 Å². The minimum absolute atomic E-state index is 0.512. The van der Waals surface area contributed by atoms with Gasteiger partial charge in [-0.2, -0.15) is 0 Å². The summed E-state index contributed by atoms with van der Waals surface area (Å²) in [6.45, 7) is 1.95. The van der Waals surface area contributed by atoms with Crippen molar-refractivity contribution in [1.82, 2.24) is 9.55 Å². The molecule has 1 aromatic carbocycles. The number of hydrogen-bond acceptors (Lipinski definition) is 2. The summed E-state index contributed by atoms with van der Waals surface area (Å²) < 4.78 is 2.07. The molecule has 1 aliphatic carbocycles. The highest BCUT2D eigenvalue weighted by molar-refractivity contribution is 6.31. The van der Waals surface area contributed by atoms with Crippen LogP contribution in [0.4, 0.5) is 0 Å². The molecule has 1 heterocycles. The fourth-order valence-electron chi connectivity index (χ4n) is 2.13. The van der Waals surface area contributed by atoms with Crippen molar-refractivity contribution in [1.29, 1.82) is 0 Å². The van der Waals surface area contributed by atoms with Crippen LogP contribution in [-0.4, -0.2) is 14.7 Å². The van der Waals surface area contributed by atoms with Crippen LogP contribution in [0, 0.1) is 6.92 Å². The minimum atomic E-state index is -0.661. The van der Waals surface area contributed by atoms with Gasteiger partial charge in [0.1, 0.15) is 6.10 Å². The van der Waals surface area contributed by atoms with Crippen LogP contribution in [-0.2, 0) is 0 Å². The van der Waals surface area contributed by atoms with Crippen LogP contribution in [0.5, 0.6) is 0 Å². The molecule has 0 saturated heterocycles. The van der Waals surface area contributed by atoms with Crippen molar-refractivity contribution in [2.24, 2.45) is 0 Å². The first-order valence-corrected chi connectivity index (χ1v) is 6.50. The Bertz CT molecular complexity index is 575. The first kappa shape index (κ1) is 11.8. The second-order valence-electron chi connectivity index (χ2n) is 4.87. The molecule has 1 aromatic heterocycles. The van der Waals surface area contributed by atoms with Gasteiger partial charge in [0.25, 0.3) is 0 Å². The van der Waals surface area contributed by atoms with E-state index in [1.807, 2.05) is 25.1 Å². The van der Waals surface area contributed by atoms with Gasteiger partial charge in [0.05, 0.1) is 18.2 Å². The second-order valence-corrected chi connectivity index (χ2v) is 5.28. The minimum Gasteiger partial charge on any atom is -0.382 e. The van der Waals surface area contributed by atoms with Crippen molar-refractivity contribution >= 4 is 11.6 Å². The predicted molar refractivity (Wildman–Crippen MR) is 70.7 cm³/mol. The number of aromatic nitrogens is 2. The van der Waals surface area contributed by atoms with Gasteiger partial charge in [-0.3, -0.25) is 0 Å². The van der Waals surface area contributed by atoms with Gasteiger partial charge in [0.15, 0.2) is 0 Å². The molecule has 4 heteroatoms. The zero-order valence-corrected chi connectivity index (χ0v) is 10.9. The van der Waals surface area contributed by atoms with E-state index in [2.05, 4.69) is 9.55 Å². The molecule has 18 heavy (non-hydrogen) atoms.